The molecule has 4 heteroatoms. The van der Waals surface area contributed by atoms with Gasteiger partial charge in [0.1, 0.15) is 0 Å². The van der Waals surface area contributed by atoms with Crippen LogP contribution in [0.2, 0.25) is 0 Å². The summed E-state index contributed by atoms with van der Waals surface area (Å²) >= 11 is 0. The number of aryl methyl sites for hydroxylation is 2. The van der Waals surface area contributed by atoms with E-state index in [-0.39, 0.29) is 12.0 Å². The van der Waals surface area contributed by atoms with Crippen LogP contribution in [0.15, 0.2) is 42.5 Å². The summed E-state index contributed by atoms with van der Waals surface area (Å²) in [5, 5.41) is 4.17. The van der Waals surface area contributed by atoms with Gasteiger partial charge in [-0.25, -0.2) is 0 Å². The maximum absolute atomic E-state index is 12.6. The standard InChI is InChI=1S/C24H28N2O2/c1-16-7-4-5-8-20(16)15-26-18(3)17(2)22-13-19(10-11-23(22)26)24(27)25-14-21-9-6-12-28-21/h4-5,7-8,10-11,13,21H,6,9,12,14-15H2,1-3H3,(H,25,27). The van der Waals surface area contributed by atoms with E-state index in [0.29, 0.717) is 12.1 Å². The highest BCUT2D eigenvalue weighted by Crippen LogP contribution is 2.27. The molecule has 1 unspecified atom stereocenters. The predicted octanol–water partition coefficient (Wildman–Crippen LogP) is 4.52. The van der Waals surface area contributed by atoms with E-state index >= 15 is 0 Å². The van der Waals surface area contributed by atoms with E-state index in [1.54, 1.807) is 0 Å². The monoisotopic (exact) mass is 376 g/mol. The van der Waals surface area contributed by atoms with Gasteiger partial charge in [0.2, 0.25) is 0 Å². The molecule has 1 fully saturated rings. The number of carbonyl (C=O) groups is 1. The molecule has 1 aliphatic rings. The summed E-state index contributed by atoms with van der Waals surface area (Å²) in [5.41, 5.74) is 6.98. The number of rotatable bonds is 5. The van der Waals surface area contributed by atoms with E-state index in [0.717, 1.165) is 31.4 Å². The Morgan fingerprint density at radius 1 is 1.18 bits per heavy atom. The van der Waals surface area contributed by atoms with Gasteiger partial charge in [0.15, 0.2) is 0 Å². The lowest BCUT2D eigenvalue weighted by molar-refractivity contribution is 0.0858. The quantitative estimate of drug-likeness (QED) is 0.711. The molecule has 1 aromatic heterocycles. The van der Waals surface area contributed by atoms with Crippen LogP contribution >= 0.6 is 0 Å². The molecule has 4 nitrogen and oxygen atoms in total. The second-order valence-electron chi connectivity index (χ2n) is 7.80. The third-order valence-corrected chi connectivity index (χ3v) is 6.01. The fourth-order valence-corrected chi connectivity index (χ4v) is 4.07. The van der Waals surface area contributed by atoms with E-state index in [1.165, 1.54) is 27.9 Å². The van der Waals surface area contributed by atoms with E-state index in [4.69, 9.17) is 4.74 Å². The van der Waals surface area contributed by atoms with E-state index in [1.807, 2.05) is 12.1 Å². The molecule has 1 amide bonds. The molecule has 1 atom stereocenters. The van der Waals surface area contributed by atoms with Gasteiger partial charge in [0.05, 0.1) is 6.10 Å². The van der Waals surface area contributed by atoms with Crippen LogP contribution in [0.1, 0.15) is 45.6 Å². The van der Waals surface area contributed by atoms with Crippen molar-refractivity contribution in [2.24, 2.45) is 0 Å². The SMILES string of the molecule is Cc1ccccc1Cn1c(C)c(C)c2cc(C(=O)NCC3CCCO3)ccc21. The Hall–Kier alpha value is -2.59. The zero-order valence-electron chi connectivity index (χ0n) is 16.9. The first kappa shape index (κ1) is 18.8. The number of carbonyl (C=O) groups excluding carboxylic acids is 1. The van der Waals surface area contributed by atoms with Gasteiger partial charge in [-0.05, 0) is 68.5 Å². The van der Waals surface area contributed by atoms with Gasteiger partial charge >= 0.3 is 0 Å². The lowest BCUT2D eigenvalue weighted by Crippen LogP contribution is -2.31. The maximum atomic E-state index is 12.6. The number of hydrogen-bond donors (Lipinski definition) is 1. The van der Waals surface area contributed by atoms with Crippen molar-refractivity contribution in [2.75, 3.05) is 13.2 Å². The predicted molar refractivity (Wildman–Crippen MR) is 113 cm³/mol. The average molecular weight is 377 g/mol. The van der Waals surface area contributed by atoms with Crippen LogP contribution in [-0.4, -0.2) is 29.7 Å². The Bertz CT molecular complexity index is 1010. The molecule has 3 aromatic rings. The summed E-state index contributed by atoms with van der Waals surface area (Å²) < 4.78 is 7.94. The van der Waals surface area contributed by atoms with E-state index < -0.39 is 0 Å². The molecule has 0 spiro atoms. The average Bonchev–Trinajstić information content (AvgIpc) is 3.30. The molecular formula is C24H28N2O2. The highest BCUT2D eigenvalue weighted by atomic mass is 16.5. The molecule has 146 valence electrons. The van der Waals surface area contributed by atoms with Gasteiger partial charge in [-0.1, -0.05) is 24.3 Å². The van der Waals surface area contributed by atoms with Crippen molar-refractivity contribution in [1.82, 2.24) is 9.88 Å². The van der Waals surface area contributed by atoms with Crippen LogP contribution in [0.3, 0.4) is 0 Å². The fraction of sp³-hybridized carbons (Fsp3) is 0.375. The third kappa shape index (κ3) is 3.57. The van der Waals surface area contributed by atoms with Crippen LogP contribution < -0.4 is 5.32 Å². The second-order valence-corrected chi connectivity index (χ2v) is 7.80. The minimum absolute atomic E-state index is 0.0268. The van der Waals surface area contributed by atoms with Crippen molar-refractivity contribution in [3.63, 3.8) is 0 Å². The first-order chi connectivity index (χ1) is 13.5. The molecule has 0 bridgehead atoms. The van der Waals surface area contributed by atoms with E-state index in [9.17, 15) is 4.79 Å². The minimum atomic E-state index is -0.0268. The van der Waals surface area contributed by atoms with Crippen molar-refractivity contribution in [1.29, 1.82) is 0 Å². The summed E-state index contributed by atoms with van der Waals surface area (Å²) in [4.78, 5) is 12.6. The van der Waals surface area contributed by atoms with E-state index in [2.05, 4.69) is 61.0 Å². The summed E-state index contributed by atoms with van der Waals surface area (Å²) in [6, 6.07) is 14.5. The first-order valence-corrected chi connectivity index (χ1v) is 10.1. The number of aromatic nitrogens is 1. The van der Waals surface area contributed by atoms with Gasteiger partial charge in [-0.3, -0.25) is 4.79 Å². The highest BCUT2D eigenvalue weighted by Gasteiger charge is 2.18. The van der Waals surface area contributed by atoms with Crippen LogP contribution in [0.5, 0.6) is 0 Å². The van der Waals surface area contributed by atoms with Crippen LogP contribution in [-0.2, 0) is 11.3 Å². The van der Waals surface area contributed by atoms with Crippen molar-refractivity contribution in [3.8, 4) is 0 Å². The molecule has 0 radical (unpaired) electrons. The third-order valence-electron chi connectivity index (χ3n) is 6.01. The van der Waals surface area contributed by atoms with Gasteiger partial charge in [0.25, 0.3) is 5.91 Å². The minimum Gasteiger partial charge on any atom is -0.376 e. The fourth-order valence-electron chi connectivity index (χ4n) is 4.07. The number of fused-ring (bicyclic) bond motifs is 1. The second kappa shape index (κ2) is 7.80. The Kier molecular flexibility index (Phi) is 5.23. The Labute approximate surface area is 166 Å². The molecule has 0 aliphatic carbocycles. The van der Waals surface area contributed by atoms with Crippen molar-refractivity contribution >= 4 is 16.8 Å². The normalized spacial score (nSPS) is 16.6. The summed E-state index contributed by atoms with van der Waals surface area (Å²) in [6.07, 6.45) is 2.27. The maximum Gasteiger partial charge on any atom is 0.251 e. The summed E-state index contributed by atoms with van der Waals surface area (Å²) in [7, 11) is 0. The summed E-state index contributed by atoms with van der Waals surface area (Å²) in [6.45, 7) is 8.68. The number of amides is 1. The first-order valence-electron chi connectivity index (χ1n) is 10.1. The molecule has 2 aromatic carbocycles. The molecular weight excluding hydrogens is 348 g/mol. The number of nitrogens with one attached hydrogen (secondary N) is 1. The largest absolute Gasteiger partial charge is 0.376 e. The molecule has 2 heterocycles. The van der Waals surface area contributed by atoms with Crippen LogP contribution in [0.4, 0.5) is 0 Å². The lowest BCUT2D eigenvalue weighted by atomic mass is 10.1. The Morgan fingerprint density at radius 3 is 2.75 bits per heavy atom. The van der Waals surface area contributed by atoms with Crippen LogP contribution in [0, 0.1) is 20.8 Å². The van der Waals surface area contributed by atoms with Crippen LogP contribution in [0.25, 0.3) is 10.9 Å². The Balaban J connectivity index is 1.60. The van der Waals surface area contributed by atoms with Gasteiger partial charge in [-0.15, -0.1) is 0 Å². The molecule has 1 saturated heterocycles. The summed E-state index contributed by atoms with van der Waals surface area (Å²) in [5.74, 6) is -0.0268. The number of nitrogens with zero attached hydrogens (tertiary/aromatic N) is 1. The zero-order chi connectivity index (χ0) is 19.7. The van der Waals surface area contributed by atoms with Gasteiger partial charge in [0, 0.05) is 41.9 Å². The highest BCUT2D eigenvalue weighted by molar-refractivity contribution is 5.99. The number of benzene rings is 2. The van der Waals surface area contributed by atoms with Crippen molar-refractivity contribution in [3.05, 3.63) is 70.4 Å². The smallest absolute Gasteiger partial charge is 0.251 e. The van der Waals surface area contributed by atoms with Crippen molar-refractivity contribution < 1.29 is 9.53 Å². The molecule has 0 saturated carbocycles. The molecule has 28 heavy (non-hydrogen) atoms. The van der Waals surface area contributed by atoms with Gasteiger partial charge in [-0.2, -0.15) is 0 Å². The van der Waals surface area contributed by atoms with Crippen molar-refractivity contribution in [2.45, 2.75) is 46.3 Å². The lowest BCUT2D eigenvalue weighted by Gasteiger charge is -2.12. The zero-order valence-corrected chi connectivity index (χ0v) is 16.9. The number of ether oxygens (including phenoxy) is 1. The number of hydrogen-bond acceptors (Lipinski definition) is 2. The molecule has 1 N–H and O–H groups in total. The molecule has 4 rings (SSSR count). The molecule has 1 aliphatic heterocycles. The van der Waals surface area contributed by atoms with Gasteiger partial charge < -0.3 is 14.6 Å². The Morgan fingerprint density at radius 2 is 2.00 bits per heavy atom. The topological polar surface area (TPSA) is 43.3 Å².